The van der Waals surface area contributed by atoms with Gasteiger partial charge in [0.2, 0.25) is 0 Å². The van der Waals surface area contributed by atoms with Crippen molar-refractivity contribution in [3.8, 4) is 0 Å². The fraction of sp³-hybridized carbons (Fsp3) is 0.435. The van der Waals surface area contributed by atoms with Gasteiger partial charge in [-0.15, -0.1) is 0 Å². The number of anilines is 2. The summed E-state index contributed by atoms with van der Waals surface area (Å²) in [5.41, 5.74) is 1.13. The van der Waals surface area contributed by atoms with E-state index >= 15 is 0 Å². The molecule has 36 heavy (non-hydrogen) atoms. The van der Waals surface area contributed by atoms with E-state index in [1.165, 1.54) is 12.3 Å². The summed E-state index contributed by atoms with van der Waals surface area (Å²) in [4.78, 5) is 27.0. The number of carboxylic acids is 2. The molecule has 2 rings (SSSR count). The lowest BCUT2D eigenvalue weighted by atomic mass is 10.0. The Hall–Kier alpha value is -3.35. The summed E-state index contributed by atoms with van der Waals surface area (Å²) >= 11 is 0. The van der Waals surface area contributed by atoms with E-state index in [0.29, 0.717) is 24.8 Å². The second-order valence-corrected chi connectivity index (χ2v) is 9.70. The van der Waals surface area contributed by atoms with Gasteiger partial charge in [-0.3, -0.25) is 4.72 Å². The molecule has 0 aliphatic heterocycles. The quantitative estimate of drug-likeness (QED) is 0.390. The van der Waals surface area contributed by atoms with Crippen LogP contribution < -0.4 is 9.62 Å². The first-order valence-corrected chi connectivity index (χ1v) is 12.5. The Morgan fingerprint density at radius 2 is 1.56 bits per heavy atom. The molecule has 0 fully saturated rings. The maximum absolute atomic E-state index is 12.7. The molecular formula is C23H30F3N3O6S. The van der Waals surface area contributed by atoms with Crippen molar-refractivity contribution in [2.24, 2.45) is 0 Å². The van der Waals surface area contributed by atoms with Gasteiger partial charge in [-0.2, -0.15) is 13.2 Å². The number of aromatic nitrogens is 1. The highest BCUT2D eigenvalue weighted by Gasteiger charge is 2.38. The molecule has 13 heteroatoms. The van der Waals surface area contributed by atoms with E-state index in [1.54, 1.807) is 24.3 Å². The molecule has 1 heterocycles. The zero-order valence-electron chi connectivity index (χ0n) is 20.3. The van der Waals surface area contributed by atoms with Crippen molar-refractivity contribution in [2.75, 3.05) is 22.7 Å². The molecule has 0 atom stereocenters. The third-order valence-corrected chi connectivity index (χ3v) is 6.13. The predicted molar refractivity (Wildman–Crippen MR) is 129 cm³/mol. The topological polar surface area (TPSA) is 137 Å². The molecule has 0 saturated carbocycles. The molecule has 0 amide bonds. The minimum absolute atomic E-state index is 0.0257. The summed E-state index contributed by atoms with van der Waals surface area (Å²) in [7, 11) is -3.85. The first-order valence-electron chi connectivity index (χ1n) is 11.0. The van der Waals surface area contributed by atoms with Gasteiger partial charge in [-0.05, 0) is 42.5 Å². The smallest absolute Gasteiger partial charge is 0.478 e. The third-order valence-electron chi connectivity index (χ3n) is 4.74. The summed E-state index contributed by atoms with van der Waals surface area (Å²) < 4.78 is 59.6. The molecule has 0 aliphatic carbocycles. The van der Waals surface area contributed by atoms with E-state index in [9.17, 15) is 31.5 Å². The van der Waals surface area contributed by atoms with Crippen LogP contribution in [0.2, 0.25) is 0 Å². The van der Waals surface area contributed by atoms with E-state index < -0.39 is 28.1 Å². The average Bonchev–Trinajstić information content (AvgIpc) is 2.78. The Morgan fingerprint density at radius 1 is 1.06 bits per heavy atom. The van der Waals surface area contributed by atoms with Crippen molar-refractivity contribution in [1.29, 1.82) is 0 Å². The van der Waals surface area contributed by atoms with Crippen LogP contribution in [0.4, 0.5) is 24.7 Å². The monoisotopic (exact) mass is 533 g/mol. The first kappa shape index (κ1) is 30.7. The van der Waals surface area contributed by atoms with Gasteiger partial charge in [0.25, 0.3) is 10.0 Å². The van der Waals surface area contributed by atoms with E-state index in [-0.39, 0.29) is 16.1 Å². The van der Waals surface area contributed by atoms with Crippen molar-refractivity contribution in [3.05, 3.63) is 47.7 Å². The third kappa shape index (κ3) is 9.02. The molecule has 3 N–H and O–H groups in total. The van der Waals surface area contributed by atoms with Gasteiger partial charge in [0.05, 0.1) is 16.8 Å². The van der Waals surface area contributed by atoms with Crippen LogP contribution in [0, 0.1) is 0 Å². The van der Waals surface area contributed by atoms with Crippen LogP contribution in [-0.2, 0) is 14.8 Å². The van der Waals surface area contributed by atoms with Crippen molar-refractivity contribution in [2.45, 2.75) is 57.5 Å². The molecule has 9 nitrogen and oxygen atoms in total. The molecule has 0 bridgehead atoms. The zero-order valence-corrected chi connectivity index (χ0v) is 21.2. The number of hydrogen-bond acceptors (Lipinski definition) is 6. The van der Waals surface area contributed by atoms with Crippen molar-refractivity contribution in [1.82, 2.24) is 4.98 Å². The van der Waals surface area contributed by atoms with Crippen molar-refractivity contribution < 1.29 is 41.4 Å². The van der Waals surface area contributed by atoms with Crippen LogP contribution in [-0.4, -0.2) is 54.8 Å². The highest BCUT2D eigenvalue weighted by molar-refractivity contribution is 7.92. The number of halogens is 3. The molecular weight excluding hydrogens is 503 g/mol. The number of nitrogens with zero attached hydrogens (tertiary/aromatic N) is 2. The molecule has 0 saturated heterocycles. The Bertz CT molecular complexity index is 1130. The number of sulfonamides is 1. The van der Waals surface area contributed by atoms with Crippen LogP contribution in [0.3, 0.4) is 0 Å². The summed E-state index contributed by atoms with van der Waals surface area (Å²) in [6.07, 6.45) is -2.02. The van der Waals surface area contributed by atoms with Crippen molar-refractivity contribution in [3.63, 3.8) is 0 Å². The molecule has 0 spiro atoms. The number of rotatable bonds is 10. The Morgan fingerprint density at radius 3 is 1.94 bits per heavy atom. The molecule has 2 aromatic rings. The van der Waals surface area contributed by atoms with E-state index in [0.717, 1.165) is 18.4 Å². The lowest BCUT2D eigenvalue weighted by Gasteiger charge is -2.24. The van der Waals surface area contributed by atoms with E-state index in [1.807, 2.05) is 32.6 Å². The first-order chi connectivity index (χ1) is 16.6. The Balaban J connectivity index is 0.000000809. The number of carboxylic acid groups (broad SMARTS) is 2. The van der Waals surface area contributed by atoms with Crippen LogP contribution >= 0.6 is 0 Å². The number of aliphatic carboxylic acids is 1. The molecule has 200 valence electrons. The van der Waals surface area contributed by atoms with E-state index in [4.69, 9.17) is 9.90 Å². The molecule has 1 aromatic heterocycles. The zero-order chi connectivity index (χ0) is 27.7. The SMILES string of the molecule is CCCN(CCC)c1ncc(NS(=O)(=O)c2ccc(C(C)C)cc2)cc1C(=O)O.O=C(O)C(F)(F)F. The number of hydrogen-bond donors (Lipinski definition) is 3. The lowest BCUT2D eigenvalue weighted by molar-refractivity contribution is -0.192. The van der Waals surface area contributed by atoms with Gasteiger partial charge in [0, 0.05) is 13.1 Å². The predicted octanol–water partition coefficient (Wildman–Crippen LogP) is 4.96. The van der Waals surface area contributed by atoms with Gasteiger partial charge in [0.1, 0.15) is 11.4 Å². The Kier molecular flexibility index (Phi) is 11.2. The molecule has 0 unspecified atom stereocenters. The fourth-order valence-electron chi connectivity index (χ4n) is 3.03. The fourth-order valence-corrected chi connectivity index (χ4v) is 4.07. The van der Waals surface area contributed by atoms with Gasteiger partial charge in [-0.25, -0.2) is 23.0 Å². The summed E-state index contributed by atoms with van der Waals surface area (Å²) in [5, 5.41) is 16.8. The number of alkyl halides is 3. The maximum atomic E-state index is 12.7. The molecule has 0 aliphatic rings. The highest BCUT2D eigenvalue weighted by atomic mass is 32.2. The van der Waals surface area contributed by atoms with Gasteiger partial charge >= 0.3 is 18.1 Å². The largest absolute Gasteiger partial charge is 0.490 e. The van der Waals surface area contributed by atoms with Gasteiger partial charge < -0.3 is 15.1 Å². The summed E-state index contributed by atoms with van der Waals surface area (Å²) in [6.45, 7) is 9.43. The minimum Gasteiger partial charge on any atom is -0.478 e. The van der Waals surface area contributed by atoms with Crippen LogP contribution in [0.25, 0.3) is 0 Å². The van der Waals surface area contributed by atoms with E-state index in [2.05, 4.69) is 9.71 Å². The maximum Gasteiger partial charge on any atom is 0.490 e. The normalized spacial score (nSPS) is 11.4. The lowest BCUT2D eigenvalue weighted by Crippen LogP contribution is -2.28. The van der Waals surface area contributed by atoms with Crippen molar-refractivity contribution >= 4 is 33.5 Å². The summed E-state index contributed by atoms with van der Waals surface area (Å²) in [5.74, 6) is -3.26. The van der Waals surface area contributed by atoms with Gasteiger partial charge in [-0.1, -0.05) is 39.8 Å². The minimum atomic E-state index is -5.08. The van der Waals surface area contributed by atoms with Gasteiger partial charge in [0.15, 0.2) is 0 Å². The number of pyridine rings is 1. The number of nitrogens with one attached hydrogen (secondary N) is 1. The molecule has 1 aromatic carbocycles. The Labute approximate surface area is 208 Å². The second kappa shape index (κ2) is 13.1. The average molecular weight is 534 g/mol. The molecule has 0 radical (unpaired) electrons. The number of benzene rings is 1. The highest BCUT2D eigenvalue weighted by Crippen LogP contribution is 2.25. The standard InChI is InChI=1S/C21H29N3O4S.C2HF3O2/c1-5-11-24(12-6-2)20-19(21(25)26)13-17(14-22-20)23-29(27,28)18-9-7-16(8-10-18)15(3)4;3-2(4,5)1(6)7/h7-10,13-15,23H,5-6,11-12H2,1-4H3,(H,25,26);(H,6,7). The van der Waals surface area contributed by atoms with Crippen LogP contribution in [0.15, 0.2) is 41.4 Å². The number of aromatic carboxylic acids is 1. The summed E-state index contributed by atoms with van der Waals surface area (Å²) in [6, 6.07) is 7.96. The number of carbonyl (C=O) groups is 2. The second-order valence-electron chi connectivity index (χ2n) is 8.02. The van der Waals surface area contributed by atoms with Crippen LogP contribution in [0.5, 0.6) is 0 Å². The van der Waals surface area contributed by atoms with Crippen LogP contribution in [0.1, 0.15) is 62.4 Å².